The van der Waals surface area contributed by atoms with Crippen molar-refractivity contribution in [1.82, 2.24) is 0 Å². The Morgan fingerprint density at radius 1 is 0.935 bits per heavy atom. The first kappa shape index (κ1) is 24.8. The lowest BCUT2D eigenvalue weighted by Crippen LogP contribution is -2.36. The monoisotopic (exact) mass is 492 g/mol. The summed E-state index contributed by atoms with van der Waals surface area (Å²) in [4.78, 5) is 0. The van der Waals surface area contributed by atoms with E-state index in [9.17, 15) is 21.6 Å². The molecule has 0 radical (unpaired) electrons. The number of hydrogen-bond acceptors (Lipinski definition) is 3. The van der Waals surface area contributed by atoms with Gasteiger partial charge in [-0.2, -0.15) is 21.6 Å². The molecule has 0 unspecified atom stereocenters. The van der Waals surface area contributed by atoms with Crippen LogP contribution in [0.1, 0.15) is 51.9 Å². The van der Waals surface area contributed by atoms with E-state index in [0.717, 1.165) is 11.8 Å². The van der Waals surface area contributed by atoms with E-state index in [1.54, 1.807) is 18.2 Å². The minimum atomic E-state index is -5.60. The van der Waals surface area contributed by atoms with Gasteiger partial charge in [0.05, 0.1) is 8.80 Å². The Balaban J connectivity index is 1.45. The molecule has 0 aliphatic carbocycles. The Labute approximate surface area is 188 Å². The van der Waals surface area contributed by atoms with Crippen LogP contribution in [0.5, 0.6) is 5.75 Å². The van der Waals surface area contributed by atoms with E-state index in [1.807, 2.05) is 0 Å². The summed E-state index contributed by atoms with van der Waals surface area (Å²) < 4.78 is 63.9. The van der Waals surface area contributed by atoms with Crippen molar-refractivity contribution in [3.05, 3.63) is 24.3 Å². The fraction of sp³-hybridized carbons (Fsp3) is 0.727. The molecule has 2 fully saturated rings. The van der Waals surface area contributed by atoms with E-state index >= 15 is 0 Å². The van der Waals surface area contributed by atoms with Gasteiger partial charge in [0.2, 0.25) is 0 Å². The predicted octanol–water partition coefficient (Wildman–Crippen LogP) is 5.59. The molecule has 2 aliphatic heterocycles. The van der Waals surface area contributed by atoms with E-state index < -0.39 is 33.2 Å². The molecule has 0 atom stereocenters. The molecule has 0 aromatic heterocycles. The molecule has 2 aliphatic rings. The van der Waals surface area contributed by atoms with Crippen LogP contribution in [0.4, 0.5) is 13.2 Å². The van der Waals surface area contributed by atoms with E-state index in [-0.39, 0.29) is 5.75 Å². The lowest BCUT2D eigenvalue weighted by molar-refractivity contribution is -0.0500. The second kappa shape index (κ2) is 10.9. The predicted molar refractivity (Wildman–Crippen MR) is 125 cm³/mol. The molecule has 1 aromatic rings. The highest BCUT2D eigenvalue weighted by atomic mass is 32.2. The molecule has 0 amide bonds. The van der Waals surface area contributed by atoms with Gasteiger partial charge in [-0.25, -0.2) is 0 Å². The minimum Gasteiger partial charge on any atom is -0.376 e. The molecular formula is C22H35F3O3SSi2. The van der Waals surface area contributed by atoms with E-state index in [1.165, 1.54) is 86.4 Å². The Bertz CT molecular complexity index is 783. The fourth-order valence-corrected chi connectivity index (χ4v) is 12.9. The van der Waals surface area contributed by atoms with Gasteiger partial charge in [0.25, 0.3) is 0 Å². The number of unbranched alkanes of at least 4 members (excludes halogenated alkanes) is 2. The molecule has 3 rings (SSSR count). The van der Waals surface area contributed by atoms with Crippen LogP contribution in [0.25, 0.3) is 0 Å². The highest BCUT2D eigenvalue weighted by molar-refractivity contribution is 7.88. The van der Waals surface area contributed by atoms with Gasteiger partial charge in [-0.3, -0.25) is 0 Å². The molecule has 0 N–H and O–H groups in total. The van der Waals surface area contributed by atoms with Crippen LogP contribution < -0.4 is 9.37 Å². The number of benzene rings is 1. The van der Waals surface area contributed by atoms with Crippen molar-refractivity contribution < 1.29 is 25.8 Å². The van der Waals surface area contributed by atoms with Crippen LogP contribution >= 0.6 is 0 Å². The van der Waals surface area contributed by atoms with E-state index in [2.05, 4.69) is 11.1 Å². The highest BCUT2D eigenvalue weighted by Crippen LogP contribution is 2.40. The molecule has 1 aromatic carbocycles. The molecule has 9 heteroatoms. The van der Waals surface area contributed by atoms with Crippen LogP contribution in [-0.4, -0.2) is 31.5 Å². The first-order chi connectivity index (χ1) is 14.7. The molecule has 0 spiro atoms. The lowest BCUT2D eigenvalue weighted by atomic mass is 9.83. The van der Waals surface area contributed by atoms with Gasteiger partial charge in [0.15, 0.2) is 0 Å². The summed E-state index contributed by atoms with van der Waals surface area (Å²) in [6.45, 7) is 2.28. The molecule has 0 bridgehead atoms. The van der Waals surface area contributed by atoms with Crippen molar-refractivity contribution in [1.29, 1.82) is 0 Å². The molecule has 176 valence electrons. The summed E-state index contributed by atoms with van der Waals surface area (Å²) in [5.74, 6) is 1.49. The third-order valence-corrected chi connectivity index (χ3v) is 15.3. The van der Waals surface area contributed by atoms with Crippen molar-refractivity contribution in [2.75, 3.05) is 0 Å². The molecule has 0 saturated carbocycles. The standard InChI is InChI=1S/C22H35F3O3SSi2/c1-2-3-4-13-30-14-9-18(10-15-30)19-11-16-31(17-12-19)21-7-5-20(6-8-21)28-29(26,27)22(23,24)25/h5-8,18-19,30-31H,2-4,9-17H2,1H3. The number of halogens is 3. The summed E-state index contributed by atoms with van der Waals surface area (Å²) in [5.41, 5.74) is -5.41. The SMILES string of the molecule is CCCCC[SiH]1CCC(C2CC[SiH](c3ccc(OS(=O)(=O)C(F)(F)F)cc3)CC2)CC1. The zero-order valence-corrected chi connectivity index (χ0v) is 21.5. The summed E-state index contributed by atoms with van der Waals surface area (Å²) >= 11 is 0. The van der Waals surface area contributed by atoms with Gasteiger partial charge in [-0.05, 0) is 24.0 Å². The number of alkyl halides is 3. The molecule has 2 saturated heterocycles. The van der Waals surface area contributed by atoms with Crippen molar-refractivity contribution in [3.63, 3.8) is 0 Å². The van der Waals surface area contributed by atoms with E-state index in [0.29, 0.717) is 0 Å². The number of hydrogen-bond donors (Lipinski definition) is 0. The first-order valence-electron chi connectivity index (χ1n) is 11.8. The Hall–Kier alpha value is -0.806. The van der Waals surface area contributed by atoms with E-state index in [4.69, 9.17) is 0 Å². The van der Waals surface area contributed by atoms with Crippen molar-refractivity contribution in [2.24, 2.45) is 11.8 Å². The minimum absolute atomic E-state index is 0.274. The summed E-state index contributed by atoms with van der Waals surface area (Å²) in [6.07, 6.45) is 9.61. The van der Waals surface area contributed by atoms with Gasteiger partial charge in [0.1, 0.15) is 5.75 Å². The van der Waals surface area contributed by atoms with Crippen molar-refractivity contribution >= 4 is 32.9 Å². The summed E-state index contributed by atoms with van der Waals surface area (Å²) in [6, 6.07) is 13.4. The van der Waals surface area contributed by atoms with Gasteiger partial charge < -0.3 is 4.18 Å². The molecule has 2 heterocycles. The second-order valence-electron chi connectivity index (χ2n) is 9.44. The van der Waals surface area contributed by atoms with Crippen LogP contribution in [0.15, 0.2) is 24.3 Å². The normalized spacial score (nSPS) is 27.7. The third-order valence-electron chi connectivity index (χ3n) is 7.39. The van der Waals surface area contributed by atoms with Gasteiger partial charge in [-0.1, -0.05) is 99.4 Å². The summed E-state index contributed by atoms with van der Waals surface area (Å²) in [7, 11) is -7.20. The molecule has 31 heavy (non-hydrogen) atoms. The average Bonchev–Trinajstić information content (AvgIpc) is 2.74. The zero-order valence-electron chi connectivity index (χ0n) is 18.4. The Morgan fingerprint density at radius 3 is 2.00 bits per heavy atom. The topological polar surface area (TPSA) is 43.4 Å². The maximum absolute atomic E-state index is 12.5. The highest BCUT2D eigenvalue weighted by Gasteiger charge is 2.48. The second-order valence-corrected chi connectivity index (χ2v) is 17.7. The van der Waals surface area contributed by atoms with Crippen molar-refractivity contribution in [3.8, 4) is 5.75 Å². The van der Waals surface area contributed by atoms with Crippen LogP contribution in [0, 0.1) is 11.8 Å². The van der Waals surface area contributed by atoms with Gasteiger partial charge >= 0.3 is 15.6 Å². The smallest absolute Gasteiger partial charge is 0.376 e. The Kier molecular flexibility index (Phi) is 8.71. The average molecular weight is 493 g/mol. The van der Waals surface area contributed by atoms with Crippen molar-refractivity contribution in [2.45, 2.75) is 87.6 Å². The maximum Gasteiger partial charge on any atom is 0.534 e. The van der Waals surface area contributed by atoms with Crippen LogP contribution in [0.2, 0.25) is 30.2 Å². The van der Waals surface area contributed by atoms with Crippen LogP contribution in [0.3, 0.4) is 0 Å². The lowest BCUT2D eigenvalue weighted by Gasteiger charge is -2.37. The number of rotatable bonds is 8. The van der Waals surface area contributed by atoms with Crippen LogP contribution in [-0.2, 0) is 10.1 Å². The zero-order chi connectivity index (χ0) is 22.5. The van der Waals surface area contributed by atoms with Gasteiger partial charge in [0, 0.05) is 8.80 Å². The summed E-state index contributed by atoms with van der Waals surface area (Å²) in [5, 5.41) is 1.20. The first-order valence-corrected chi connectivity index (χ1v) is 17.9. The molecular weight excluding hydrogens is 457 g/mol. The van der Waals surface area contributed by atoms with Gasteiger partial charge in [-0.15, -0.1) is 0 Å². The third kappa shape index (κ3) is 6.84. The quantitative estimate of drug-likeness (QED) is 0.206. The fourth-order valence-electron chi connectivity index (χ4n) is 5.52. The molecule has 3 nitrogen and oxygen atoms in total. The maximum atomic E-state index is 12.5. The largest absolute Gasteiger partial charge is 0.534 e. The Morgan fingerprint density at radius 2 is 1.48 bits per heavy atom.